The molecule has 16 nitrogen and oxygen atoms in total. The Balaban J connectivity index is -0.0000000225. The summed E-state index contributed by atoms with van der Waals surface area (Å²) in [6.45, 7) is 0. The number of hydrogen-bond acceptors (Lipinski definition) is 16. The van der Waals surface area contributed by atoms with Crippen molar-refractivity contribution in [3.63, 3.8) is 0 Å². The van der Waals surface area contributed by atoms with Crippen LogP contribution in [-0.2, 0) is 97.8 Å². The van der Waals surface area contributed by atoms with Crippen LogP contribution in [0.1, 0.15) is 0 Å². The first-order valence-electron chi connectivity index (χ1n) is 2.92. The predicted octanol–water partition coefficient (Wildman–Crippen LogP) is -11.3. The topological polar surface area (TPSA) is 345 Å². The summed E-state index contributed by atoms with van der Waals surface area (Å²) in [6.07, 6.45) is 0. The summed E-state index contributed by atoms with van der Waals surface area (Å²) in [7, 11) is -21.6. The molecule has 0 atom stereocenters. The van der Waals surface area contributed by atoms with Crippen molar-refractivity contribution in [3.05, 3.63) is 0 Å². The summed E-state index contributed by atoms with van der Waals surface area (Å²) < 4.78 is 34.2. The van der Waals surface area contributed by atoms with E-state index < -0.39 is 31.3 Å². The molecule has 0 aliphatic heterocycles. The molecule has 0 saturated carbocycles. The Morgan fingerprint density at radius 2 is 0.333 bits per heavy atom. The molecule has 0 radical (unpaired) electrons. The Bertz CT molecular complexity index is 298. The third-order valence-corrected chi connectivity index (χ3v) is 0. The van der Waals surface area contributed by atoms with Gasteiger partial charge in [0.25, 0.3) is 0 Å². The smallest absolute Gasteiger partial charge is 0.822 e. The van der Waals surface area contributed by atoms with E-state index in [0.29, 0.717) is 0 Å². The number of rotatable bonds is 0. The summed E-state index contributed by atoms with van der Waals surface area (Å²) in [5.74, 6) is 0. The SMILES string of the molecule is O=P([O-])([O-])[O-].O=P([O-])([O-])[O-].O=P([O-])([O-])[O-].O=P([O-])([O-])[O-].[Mo+6].[Zn+2].[Zn+2].[Zn+2]. The molecule has 128 valence electrons. The van der Waals surface area contributed by atoms with E-state index in [-0.39, 0.29) is 79.5 Å². The molecule has 0 heterocycles. The minimum absolute atomic E-state index is 0. The fraction of sp³-hybridized carbons (Fsp3) is 0. The van der Waals surface area contributed by atoms with Gasteiger partial charge >= 0.3 is 79.5 Å². The third-order valence-electron chi connectivity index (χ3n) is 0. The van der Waals surface area contributed by atoms with E-state index in [4.69, 9.17) is 77.0 Å². The van der Waals surface area contributed by atoms with Crippen LogP contribution in [0.3, 0.4) is 0 Å². The van der Waals surface area contributed by atoms with Gasteiger partial charge in [-0.2, -0.15) is 31.3 Å². The minimum Gasteiger partial charge on any atom is -0.822 e. The van der Waals surface area contributed by atoms with Crippen molar-refractivity contribution >= 4 is 31.3 Å². The maximum atomic E-state index is 8.55. The molecule has 0 bridgehead atoms. The third kappa shape index (κ3) is 1600. The molecule has 24 heavy (non-hydrogen) atoms. The van der Waals surface area contributed by atoms with Gasteiger partial charge in [-0.15, -0.1) is 0 Å². The second-order valence-electron chi connectivity index (χ2n) is 1.79. The van der Waals surface area contributed by atoms with Crippen LogP contribution in [0.2, 0.25) is 0 Å². The largest absolute Gasteiger partial charge is 6.00 e. The molecule has 0 aromatic heterocycles. The van der Waals surface area contributed by atoms with Crippen LogP contribution < -0.4 is 58.7 Å². The van der Waals surface area contributed by atoms with E-state index in [1.807, 2.05) is 0 Å². The zero-order chi connectivity index (χ0) is 18.0. The van der Waals surface area contributed by atoms with Crippen LogP contribution in [0.5, 0.6) is 0 Å². The van der Waals surface area contributed by atoms with Crippen molar-refractivity contribution in [1.29, 1.82) is 0 Å². The van der Waals surface area contributed by atoms with Crippen LogP contribution in [0.25, 0.3) is 0 Å². The zero-order valence-electron chi connectivity index (χ0n) is 10.9. The molecule has 24 heteroatoms. The molecule has 0 unspecified atom stereocenters. The molecule has 0 N–H and O–H groups in total. The van der Waals surface area contributed by atoms with E-state index in [2.05, 4.69) is 0 Å². The van der Waals surface area contributed by atoms with Crippen molar-refractivity contribution in [2.45, 2.75) is 0 Å². The van der Waals surface area contributed by atoms with E-state index in [1.165, 1.54) is 0 Å². The van der Waals surface area contributed by atoms with Crippen LogP contribution >= 0.6 is 31.3 Å². The molecule has 0 aliphatic rings. The Kier molecular flexibility index (Phi) is 47.0. The average Bonchev–Trinajstić information content (AvgIpc) is 1.62. The molecular formula is MoO16P4Zn3. The fourth-order valence-electron chi connectivity index (χ4n) is 0. The predicted molar refractivity (Wildman–Crippen MR) is 30.4 cm³/mol. The van der Waals surface area contributed by atoms with Gasteiger partial charge in [-0.25, -0.2) is 0 Å². The molecule has 0 amide bonds. The van der Waals surface area contributed by atoms with Gasteiger partial charge in [-0.05, 0) is 0 Å². The van der Waals surface area contributed by atoms with Crippen LogP contribution in [-0.4, -0.2) is 0 Å². The fourth-order valence-corrected chi connectivity index (χ4v) is 0. The number of phosphoric acid groups is 4. The van der Waals surface area contributed by atoms with Gasteiger partial charge in [0.15, 0.2) is 0 Å². The van der Waals surface area contributed by atoms with Gasteiger partial charge in [0.1, 0.15) is 0 Å². The summed E-state index contributed by atoms with van der Waals surface area (Å²) in [5, 5.41) is 0. The van der Waals surface area contributed by atoms with Crippen LogP contribution in [0.15, 0.2) is 0 Å². The van der Waals surface area contributed by atoms with Gasteiger partial charge in [-0.1, -0.05) is 0 Å². The van der Waals surface area contributed by atoms with E-state index in [0.717, 1.165) is 0 Å². The van der Waals surface area contributed by atoms with E-state index in [9.17, 15) is 0 Å². The molecule has 0 saturated heterocycles. The second kappa shape index (κ2) is 22.3. The Hall–Kier alpha value is 3.00. The van der Waals surface area contributed by atoms with Crippen molar-refractivity contribution in [2.24, 2.45) is 0 Å². The second-order valence-corrected chi connectivity index (χ2v) is 5.37. The Labute approximate surface area is 186 Å². The van der Waals surface area contributed by atoms with Crippen molar-refractivity contribution in [3.8, 4) is 0 Å². The van der Waals surface area contributed by atoms with Crippen molar-refractivity contribution < 1.29 is 156 Å². The molecule has 0 rings (SSSR count). The summed E-state index contributed by atoms with van der Waals surface area (Å²) in [4.78, 5) is 103. The standard InChI is InChI=1S/Mo.4H3O4P.3Zn/c;4*1-5(2,3)4;;;/h;4*(H3,1,2,3,4);;;/q+6;;;;;3*+2/p-12. The molecule has 0 fully saturated rings. The summed E-state index contributed by atoms with van der Waals surface area (Å²) >= 11 is 0. The number of hydrogen-bond donors (Lipinski definition) is 0. The quantitative estimate of drug-likeness (QED) is 0.170. The van der Waals surface area contributed by atoms with Gasteiger partial charge in [0.2, 0.25) is 0 Å². The Morgan fingerprint density at radius 3 is 0.333 bits per heavy atom. The maximum absolute atomic E-state index is 8.55. The normalized spacial score (nSPS) is 9.83. The molecule has 0 aliphatic carbocycles. The van der Waals surface area contributed by atoms with Crippen LogP contribution in [0, 0.1) is 0 Å². The molecular weight excluding hydrogens is 672 g/mol. The van der Waals surface area contributed by atoms with E-state index in [1.54, 1.807) is 0 Å². The Morgan fingerprint density at radius 1 is 0.333 bits per heavy atom. The summed E-state index contributed by atoms with van der Waals surface area (Å²) in [5.41, 5.74) is 0. The van der Waals surface area contributed by atoms with Gasteiger partial charge in [0.05, 0.1) is 0 Å². The first-order chi connectivity index (χ1) is 8.00. The van der Waals surface area contributed by atoms with Gasteiger partial charge in [-0.3, -0.25) is 0 Å². The van der Waals surface area contributed by atoms with E-state index >= 15 is 0 Å². The summed E-state index contributed by atoms with van der Waals surface area (Å²) in [6, 6.07) is 0. The van der Waals surface area contributed by atoms with Crippen molar-refractivity contribution in [2.75, 3.05) is 0 Å². The molecule has 0 aromatic carbocycles. The average molecular weight is 672 g/mol. The minimum atomic E-state index is -5.39. The maximum Gasteiger partial charge on any atom is 6.00 e. The van der Waals surface area contributed by atoms with Crippen LogP contribution in [0.4, 0.5) is 0 Å². The first kappa shape index (κ1) is 50.6. The van der Waals surface area contributed by atoms with Gasteiger partial charge < -0.3 is 77.0 Å². The van der Waals surface area contributed by atoms with Crippen molar-refractivity contribution in [1.82, 2.24) is 0 Å². The first-order valence-corrected chi connectivity index (χ1v) is 8.76. The zero-order valence-corrected chi connectivity index (χ0v) is 25.3. The monoisotopic (exact) mass is 670 g/mol. The van der Waals surface area contributed by atoms with Gasteiger partial charge in [0, 0.05) is 0 Å². The molecule has 0 aromatic rings. The molecule has 0 spiro atoms.